The number of nitrogens with two attached hydrogens (primary N) is 1. The SMILES string of the molecule is CN=C(N)Nc1cccc(CCCCCCC[C@H]2CC(=O)CCc3ccc(OC)c(c3)OCc3cc4c5c(c(O)ccc5c3)[C@@H](C#CO2)CC4)c1. The summed E-state index contributed by atoms with van der Waals surface area (Å²) in [6, 6.07) is 22.2. The summed E-state index contributed by atoms with van der Waals surface area (Å²) < 4.78 is 18.1. The number of aryl methyl sites for hydroxylation is 3. The fourth-order valence-electron chi connectivity index (χ4n) is 7.28. The van der Waals surface area contributed by atoms with Gasteiger partial charge in [-0.3, -0.25) is 9.79 Å². The van der Waals surface area contributed by atoms with Crippen LogP contribution in [0.15, 0.2) is 71.7 Å². The van der Waals surface area contributed by atoms with Crippen LogP contribution in [0.3, 0.4) is 0 Å². The van der Waals surface area contributed by atoms with Gasteiger partial charge in [-0.15, -0.1) is 0 Å². The molecule has 0 radical (unpaired) electrons. The van der Waals surface area contributed by atoms with E-state index in [2.05, 4.69) is 46.6 Å². The minimum absolute atomic E-state index is 0.152. The normalized spacial score (nSPS) is 17.5. The molecule has 8 bridgehead atoms. The van der Waals surface area contributed by atoms with E-state index >= 15 is 0 Å². The van der Waals surface area contributed by atoms with Crippen molar-refractivity contribution in [2.75, 3.05) is 19.5 Å². The number of hydrogen-bond donors (Lipinski definition) is 3. The lowest BCUT2D eigenvalue weighted by molar-refractivity contribution is -0.121. The molecule has 0 saturated heterocycles. The van der Waals surface area contributed by atoms with Gasteiger partial charge in [0.15, 0.2) is 17.5 Å². The molecular formula is C43H49N3O5. The van der Waals surface area contributed by atoms with Gasteiger partial charge in [-0.2, -0.15) is 0 Å². The van der Waals surface area contributed by atoms with Crippen molar-refractivity contribution in [3.63, 3.8) is 0 Å². The Morgan fingerprint density at radius 2 is 1.86 bits per heavy atom. The highest BCUT2D eigenvalue weighted by Gasteiger charge is 2.25. The summed E-state index contributed by atoms with van der Waals surface area (Å²) in [6.45, 7) is 0.382. The number of aliphatic imine (C=N–C) groups is 1. The Balaban J connectivity index is 1.12. The molecule has 0 aromatic heterocycles. The van der Waals surface area contributed by atoms with Gasteiger partial charge in [0.25, 0.3) is 0 Å². The highest BCUT2D eigenvalue weighted by molar-refractivity contribution is 5.93. The Morgan fingerprint density at radius 3 is 2.73 bits per heavy atom. The number of rotatable bonds is 10. The minimum atomic E-state index is -0.279. The quantitative estimate of drug-likeness (QED) is 0.0664. The summed E-state index contributed by atoms with van der Waals surface area (Å²) in [6.07, 6.45) is 12.9. The van der Waals surface area contributed by atoms with Crippen LogP contribution in [-0.2, 0) is 35.4 Å². The van der Waals surface area contributed by atoms with Gasteiger partial charge in [0, 0.05) is 31.1 Å². The van der Waals surface area contributed by atoms with Crippen molar-refractivity contribution in [2.24, 2.45) is 10.7 Å². The second-order valence-corrected chi connectivity index (χ2v) is 13.7. The lowest BCUT2D eigenvalue weighted by Gasteiger charge is -2.24. The maximum Gasteiger partial charge on any atom is 0.192 e. The van der Waals surface area contributed by atoms with Crippen molar-refractivity contribution >= 4 is 28.2 Å². The van der Waals surface area contributed by atoms with E-state index in [9.17, 15) is 9.90 Å². The Bertz CT molecular complexity index is 1940. The van der Waals surface area contributed by atoms with Crippen molar-refractivity contribution in [2.45, 2.75) is 95.7 Å². The van der Waals surface area contributed by atoms with Crippen LogP contribution in [-0.4, -0.2) is 37.1 Å². The molecule has 1 aliphatic carbocycles. The van der Waals surface area contributed by atoms with Gasteiger partial charge in [-0.05, 0) is 114 Å². The first-order valence-corrected chi connectivity index (χ1v) is 18.2. The number of phenolic OH excluding ortho intramolecular Hbond substituents is 1. The second-order valence-electron chi connectivity index (χ2n) is 13.7. The number of ketones is 1. The van der Waals surface area contributed by atoms with E-state index in [1.165, 1.54) is 11.1 Å². The number of carbonyl (C=O) groups excluding carboxylic acids is 1. The van der Waals surface area contributed by atoms with Gasteiger partial charge in [0.1, 0.15) is 30.4 Å². The molecule has 0 fully saturated rings. The van der Waals surface area contributed by atoms with Gasteiger partial charge in [0.05, 0.1) is 13.0 Å². The number of benzene rings is 4. The van der Waals surface area contributed by atoms with E-state index in [0.717, 1.165) is 90.9 Å². The molecule has 8 heteroatoms. The highest BCUT2D eigenvalue weighted by atomic mass is 16.5. The molecule has 4 aromatic rings. The van der Waals surface area contributed by atoms with Crippen molar-refractivity contribution in [1.82, 2.24) is 0 Å². The fraction of sp³-hybridized carbons (Fsp3) is 0.395. The molecule has 0 spiro atoms. The van der Waals surface area contributed by atoms with Gasteiger partial charge in [-0.25, -0.2) is 0 Å². The number of ether oxygens (including phenoxy) is 3. The van der Waals surface area contributed by atoms with Crippen molar-refractivity contribution in [1.29, 1.82) is 0 Å². The Hall–Kier alpha value is -5.16. The predicted octanol–water partition coefficient (Wildman–Crippen LogP) is 8.35. The minimum Gasteiger partial charge on any atom is -0.508 e. The first-order chi connectivity index (χ1) is 24.9. The van der Waals surface area contributed by atoms with Crippen LogP contribution in [0.2, 0.25) is 0 Å². The number of phenols is 1. The van der Waals surface area contributed by atoms with E-state index in [1.54, 1.807) is 20.2 Å². The Labute approximate surface area is 301 Å². The number of guanidine groups is 1. The van der Waals surface area contributed by atoms with Crippen LogP contribution in [0.1, 0.15) is 91.5 Å². The molecular weight excluding hydrogens is 638 g/mol. The smallest absolute Gasteiger partial charge is 0.192 e. The summed E-state index contributed by atoms with van der Waals surface area (Å²) >= 11 is 0. The van der Waals surface area contributed by atoms with Crippen molar-refractivity contribution in [3.8, 4) is 29.3 Å². The molecule has 7 rings (SSSR count). The fourth-order valence-corrected chi connectivity index (χ4v) is 7.28. The van der Waals surface area contributed by atoms with E-state index in [0.29, 0.717) is 43.3 Å². The van der Waals surface area contributed by atoms with Crippen LogP contribution < -0.4 is 20.5 Å². The third-order valence-electron chi connectivity index (χ3n) is 9.99. The molecule has 4 aromatic carbocycles. The number of fused-ring (bicyclic) bond motifs is 7. The number of carbonyl (C=O) groups is 1. The van der Waals surface area contributed by atoms with E-state index in [-0.39, 0.29) is 23.6 Å². The summed E-state index contributed by atoms with van der Waals surface area (Å²) in [4.78, 5) is 17.3. The average Bonchev–Trinajstić information content (AvgIpc) is 3.14. The zero-order valence-corrected chi connectivity index (χ0v) is 29.8. The third kappa shape index (κ3) is 9.35. The van der Waals surface area contributed by atoms with E-state index in [4.69, 9.17) is 19.9 Å². The first-order valence-electron chi connectivity index (χ1n) is 18.2. The number of aromatic hydroxyl groups is 1. The second kappa shape index (κ2) is 17.2. The van der Waals surface area contributed by atoms with Crippen LogP contribution in [0, 0.1) is 12.0 Å². The van der Waals surface area contributed by atoms with Gasteiger partial charge in [0.2, 0.25) is 0 Å². The molecule has 2 aliphatic heterocycles. The summed E-state index contributed by atoms with van der Waals surface area (Å²) in [5.41, 5.74) is 12.2. The number of unbranched alkanes of at least 4 members (excludes halogenated alkanes) is 4. The van der Waals surface area contributed by atoms with Gasteiger partial charge >= 0.3 is 0 Å². The van der Waals surface area contributed by atoms with Crippen molar-refractivity contribution < 1.29 is 24.1 Å². The first kappa shape index (κ1) is 35.7. The molecule has 266 valence electrons. The number of anilines is 1. The standard InChI is InChI=1S/C43H49N3O5/c1-45-43(44)46-35-11-8-10-29(25-35)9-6-4-3-5-7-12-37-27-36(47)18-13-30-14-20-39(49-2)40(26-30)51-28-31-23-33-16-15-32(21-22-50-37)42-38(48)19-17-34(24-31)41(33)42/h8,10-11,14,17,19-20,23-26,32,37,48H,3-7,9,12-13,15-16,18,27-28H2,1-2H3,(H3,44,45,46)/t32-,37+/m1/s1. The van der Waals surface area contributed by atoms with Crippen LogP contribution in [0.4, 0.5) is 5.69 Å². The number of methoxy groups -OCH3 is 1. The van der Waals surface area contributed by atoms with E-state index < -0.39 is 0 Å². The number of nitrogens with zero attached hydrogens (tertiary/aromatic N) is 1. The Kier molecular flexibility index (Phi) is 12.0. The maximum absolute atomic E-state index is 13.3. The summed E-state index contributed by atoms with van der Waals surface area (Å²) in [5.74, 6) is 5.31. The zero-order valence-electron chi connectivity index (χ0n) is 29.8. The maximum atomic E-state index is 13.3. The molecule has 8 nitrogen and oxygen atoms in total. The highest BCUT2D eigenvalue weighted by Crippen LogP contribution is 2.42. The molecule has 3 aliphatic rings. The number of nitrogens with one attached hydrogen (secondary N) is 1. The van der Waals surface area contributed by atoms with Crippen LogP contribution in [0.5, 0.6) is 17.2 Å². The molecule has 2 heterocycles. The van der Waals surface area contributed by atoms with Crippen molar-refractivity contribution in [3.05, 3.63) is 94.5 Å². The average molecular weight is 688 g/mol. The molecule has 2 atom stereocenters. The molecule has 4 N–H and O–H groups in total. The zero-order chi connectivity index (χ0) is 35.6. The van der Waals surface area contributed by atoms with E-state index in [1.807, 2.05) is 36.4 Å². The van der Waals surface area contributed by atoms with Gasteiger partial charge in [-0.1, -0.05) is 55.5 Å². The number of hydrogen-bond acceptors (Lipinski definition) is 6. The molecule has 0 unspecified atom stereocenters. The van der Waals surface area contributed by atoms with Crippen LogP contribution in [0.25, 0.3) is 10.8 Å². The summed E-state index contributed by atoms with van der Waals surface area (Å²) in [5, 5.41) is 16.2. The third-order valence-corrected chi connectivity index (χ3v) is 9.99. The molecule has 51 heavy (non-hydrogen) atoms. The summed E-state index contributed by atoms with van der Waals surface area (Å²) in [7, 11) is 3.30. The lowest BCUT2D eigenvalue weighted by Crippen LogP contribution is -2.21. The van der Waals surface area contributed by atoms with Crippen LogP contribution >= 0.6 is 0 Å². The molecule has 0 saturated carbocycles. The lowest BCUT2D eigenvalue weighted by atomic mass is 9.80. The number of Topliss-reactive ketones (excluding diaryl/α,β-unsaturated/α-hetero) is 1. The Morgan fingerprint density at radius 1 is 1.00 bits per heavy atom. The van der Waals surface area contributed by atoms with Gasteiger partial charge < -0.3 is 30.4 Å². The topological polar surface area (TPSA) is 115 Å². The monoisotopic (exact) mass is 687 g/mol. The largest absolute Gasteiger partial charge is 0.508 e. The molecule has 0 amide bonds. The predicted molar refractivity (Wildman–Crippen MR) is 204 cm³/mol.